The van der Waals surface area contributed by atoms with Gasteiger partial charge in [0.15, 0.2) is 0 Å². The largest absolute Gasteiger partial charge is 0.488 e. The fourth-order valence-corrected chi connectivity index (χ4v) is 3.48. The zero-order valence-electron chi connectivity index (χ0n) is 11.8. The van der Waals surface area contributed by atoms with E-state index in [1.54, 1.807) is 0 Å². The number of fused-ring (bicyclic) bond motifs is 2. The van der Waals surface area contributed by atoms with Crippen LogP contribution >= 0.6 is 15.9 Å². The quantitative estimate of drug-likeness (QED) is 0.658. The molecule has 0 fully saturated rings. The minimum absolute atomic E-state index is 0.223. The molecule has 2 nitrogen and oxygen atoms in total. The van der Waals surface area contributed by atoms with Crippen LogP contribution in [-0.2, 0) is 13.0 Å². The molecule has 0 amide bonds. The molecule has 1 unspecified atom stereocenters. The first-order chi connectivity index (χ1) is 10.2. The van der Waals surface area contributed by atoms with Crippen molar-refractivity contribution in [1.29, 1.82) is 0 Å². The molecular weight excluding hydrogens is 326 g/mol. The summed E-state index contributed by atoms with van der Waals surface area (Å²) in [6, 6.07) is 15.0. The van der Waals surface area contributed by atoms with Crippen LogP contribution in [0.2, 0.25) is 0 Å². The summed E-state index contributed by atoms with van der Waals surface area (Å²) in [6.07, 6.45) is 3.36. The van der Waals surface area contributed by atoms with E-state index in [-0.39, 0.29) is 6.10 Å². The smallest absolute Gasteiger partial charge is 0.123 e. The van der Waals surface area contributed by atoms with Crippen LogP contribution in [-0.4, -0.2) is 10.7 Å². The Morgan fingerprint density at radius 1 is 1.19 bits per heavy atom. The van der Waals surface area contributed by atoms with E-state index in [1.807, 2.05) is 0 Å². The molecule has 21 heavy (non-hydrogen) atoms. The number of aromatic nitrogens is 1. The third-order valence-electron chi connectivity index (χ3n) is 4.09. The lowest BCUT2D eigenvalue weighted by Gasteiger charge is -2.13. The molecule has 2 aromatic carbocycles. The number of ether oxygens (including phenoxy) is 1. The Morgan fingerprint density at radius 3 is 3.00 bits per heavy atom. The summed E-state index contributed by atoms with van der Waals surface area (Å²) >= 11 is 3.52. The third-order valence-corrected chi connectivity index (χ3v) is 4.58. The van der Waals surface area contributed by atoms with E-state index in [0.29, 0.717) is 0 Å². The van der Waals surface area contributed by atoms with Gasteiger partial charge in [0.05, 0.1) is 6.54 Å². The van der Waals surface area contributed by atoms with Gasteiger partial charge in [-0.2, -0.15) is 0 Å². The number of benzene rings is 2. The van der Waals surface area contributed by atoms with Crippen molar-refractivity contribution in [3.8, 4) is 5.75 Å². The molecule has 1 aliphatic rings. The van der Waals surface area contributed by atoms with Gasteiger partial charge in [-0.15, -0.1) is 0 Å². The molecule has 1 aliphatic heterocycles. The maximum atomic E-state index is 6.08. The van der Waals surface area contributed by atoms with E-state index in [0.717, 1.165) is 23.2 Å². The fraction of sp³-hybridized carbons (Fsp3) is 0.222. The van der Waals surface area contributed by atoms with Crippen LogP contribution in [0.5, 0.6) is 5.75 Å². The molecule has 3 aromatic rings. The van der Waals surface area contributed by atoms with Crippen LogP contribution in [0.1, 0.15) is 11.1 Å². The minimum Gasteiger partial charge on any atom is -0.488 e. The number of aryl methyl sites for hydroxylation is 1. The number of nitrogens with zero attached hydrogens (tertiary/aromatic N) is 1. The number of hydrogen-bond donors (Lipinski definition) is 0. The second kappa shape index (κ2) is 4.92. The van der Waals surface area contributed by atoms with Gasteiger partial charge in [-0.25, -0.2) is 0 Å². The summed E-state index contributed by atoms with van der Waals surface area (Å²) in [5.74, 6) is 1.05. The molecule has 1 aromatic heterocycles. The molecule has 0 N–H and O–H groups in total. The lowest BCUT2D eigenvalue weighted by Crippen LogP contribution is -2.20. The topological polar surface area (TPSA) is 14.2 Å². The predicted octanol–water partition coefficient (Wildman–Crippen LogP) is 4.72. The highest BCUT2D eigenvalue weighted by Crippen LogP contribution is 2.31. The van der Waals surface area contributed by atoms with Gasteiger partial charge < -0.3 is 9.30 Å². The Balaban J connectivity index is 1.59. The highest BCUT2D eigenvalue weighted by molar-refractivity contribution is 9.10. The normalized spacial score (nSPS) is 17.0. The van der Waals surface area contributed by atoms with E-state index >= 15 is 0 Å². The van der Waals surface area contributed by atoms with Gasteiger partial charge in [0, 0.05) is 28.0 Å². The maximum absolute atomic E-state index is 6.08. The number of hydrogen-bond acceptors (Lipinski definition) is 1. The molecule has 0 radical (unpaired) electrons. The number of rotatable bonds is 2. The van der Waals surface area contributed by atoms with Crippen molar-refractivity contribution < 1.29 is 4.74 Å². The maximum Gasteiger partial charge on any atom is 0.123 e. The van der Waals surface area contributed by atoms with E-state index in [9.17, 15) is 0 Å². The van der Waals surface area contributed by atoms with Gasteiger partial charge in [0.2, 0.25) is 0 Å². The highest BCUT2D eigenvalue weighted by atomic mass is 79.9. The number of halogens is 1. The van der Waals surface area contributed by atoms with Crippen molar-refractivity contribution in [3.05, 3.63) is 64.3 Å². The van der Waals surface area contributed by atoms with Crippen LogP contribution in [0.3, 0.4) is 0 Å². The van der Waals surface area contributed by atoms with Gasteiger partial charge in [-0.1, -0.05) is 33.6 Å². The minimum atomic E-state index is 0.223. The summed E-state index contributed by atoms with van der Waals surface area (Å²) < 4.78 is 9.48. The Hall–Kier alpha value is -1.74. The predicted molar refractivity (Wildman–Crippen MR) is 88.9 cm³/mol. The van der Waals surface area contributed by atoms with E-state index in [4.69, 9.17) is 4.74 Å². The van der Waals surface area contributed by atoms with Crippen molar-refractivity contribution in [2.24, 2.45) is 0 Å². The Labute approximate surface area is 132 Å². The first-order valence-electron chi connectivity index (χ1n) is 7.19. The van der Waals surface area contributed by atoms with Crippen LogP contribution in [0.25, 0.3) is 10.9 Å². The standard InChI is InChI=1S/C18H16BrNO/c1-12-2-5-18-14(8-12)10-16(21-18)11-20-7-6-13-9-15(19)3-4-17(13)20/h2-9,16H,10-11H2,1H3. The van der Waals surface area contributed by atoms with Gasteiger partial charge in [0.25, 0.3) is 0 Å². The molecule has 3 heteroatoms. The molecule has 0 bridgehead atoms. The lowest BCUT2D eigenvalue weighted by atomic mass is 10.1. The van der Waals surface area contributed by atoms with Crippen molar-refractivity contribution in [2.75, 3.05) is 0 Å². The van der Waals surface area contributed by atoms with Crippen molar-refractivity contribution >= 4 is 26.8 Å². The molecule has 0 spiro atoms. The average Bonchev–Trinajstić information content (AvgIpc) is 3.02. The molecule has 0 saturated heterocycles. The van der Waals surface area contributed by atoms with E-state index in [1.165, 1.54) is 22.0 Å². The van der Waals surface area contributed by atoms with Crippen LogP contribution < -0.4 is 4.74 Å². The second-order valence-electron chi connectivity index (χ2n) is 5.73. The van der Waals surface area contributed by atoms with Gasteiger partial charge in [0.1, 0.15) is 11.9 Å². The molecule has 4 rings (SSSR count). The Morgan fingerprint density at radius 2 is 2.10 bits per heavy atom. The zero-order chi connectivity index (χ0) is 14.4. The van der Waals surface area contributed by atoms with Gasteiger partial charge in [-0.05, 0) is 42.8 Å². The van der Waals surface area contributed by atoms with Gasteiger partial charge >= 0.3 is 0 Å². The fourth-order valence-electron chi connectivity index (χ4n) is 3.10. The Kier molecular flexibility index (Phi) is 3.03. The highest BCUT2D eigenvalue weighted by Gasteiger charge is 2.23. The molecule has 1 atom stereocenters. The second-order valence-corrected chi connectivity index (χ2v) is 6.64. The van der Waals surface area contributed by atoms with Crippen molar-refractivity contribution in [2.45, 2.75) is 26.0 Å². The summed E-state index contributed by atoms with van der Waals surface area (Å²) in [6.45, 7) is 3.02. The molecule has 0 saturated carbocycles. The van der Waals surface area contributed by atoms with E-state index < -0.39 is 0 Å². The lowest BCUT2D eigenvalue weighted by molar-refractivity contribution is 0.211. The van der Waals surface area contributed by atoms with Crippen LogP contribution in [0, 0.1) is 6.92 Å². The average molecular weight is 342 g/mol. The SMILES string of the molecule is Cc1ccc2c(c1)CC(Cn1ccc3cc(Br)ccc31)O2. The van der Waals surface area contributed by atoms with Crippen LogP contribution in [0.4, 0.5) is 0 Å². The van der Waals surface area contributed by atoms with Crippen molar-refractivity contribution in [1.82, 2.24) is 4.57 Å². The summed E-state index contributed by atoms with van der Waals surface area (Å²) in [7, 11) is 0. The van der Waals surface area contributed by atoms with Crippen LogP contribution in [0.15, 0.2) is 53.1 Å². The van der Waals surface area contributed by atoms with E-state index in [2.05, 4.69) is 76.1 Å². The summed E-state index contributed by atoms with van der Waals surface area (Å²) in [5, 5.41) is 1.26. The Bertz CT molecular complexity index is 821. The molecule has 106 valence electrons. The molecular formula is C18H16BrNO. The third kappa shape index (κ3) is 2.36. The van der Waals surface area contributed by atoms with Gasteiger partial charge in [-0.3, -0.25) is 0 Å². The monoisotopic (exact) mass is 341 g/mol. The molecule has 0 aliphatic carbocycles. The summed E-state index contributed by atoms with van der Waals surface area (Å²) in [4.78, 5) is 0. The first kappa shape index (κ1) is 13.0. The first-order valence-corrected chi connectivity index (χ1v) is 7.99. The zero-order valence-corrected chi connectivity index (χ0v) is 13.4. The van der Waals surface area contributed by atoms with Crippen molar-refractivity contribution in [3.63, 3.8) is 0 Å². The molecule has 2 heterocycles. The summed E-state index contributed by atoms with van der Waals surface area (Å²) in [5.41, 5.74) is 3.89.